The summed E-state index contributed by atoms with van der Waals surface area (Å²) in [7, 11) is 1.99. The maximum Gasteiger partial charge on any atom is 0.0592 e. The van der Waals surface area contributed by atoms with Crippen LogP contribution in [0.25, 0.3) is 0 Å². The molecule has 2 aromatic rings. The molecule has 94 valence electrons. The lowest BCUT2D eigenvalue weighted by Gasteiger charge is -2.19. The molecule has 0 spiro atoms. The van der Waals surface area contributed by atoms with Gasteiger partial charge in [0.2, 0.25) is 0 Å². The SMILES string of the molecule is CNC(c1ccc(SC)cc1)c1cnccc1C. The second-order valence-corrected chi connectivity index (χ2v) is 5.11. The van der Waals surface area contributed by atoms with Gasteiger partial charge in [-0.2, -0.15) is 0 Å². The lowest BCUT2D eigenvalue weighted by Crippen LogP contribution is -2.18. The molecule has 0 aliphatic rings. The molecule has 0 aliphatic carbocycles. The van der Waals surface area contributed by atoms with Gasteiger partial charge in [-0.05, 0) is 55.1 Å². The average molecular weight is 258 g/mol. The van der Waals surface area contributed by atoms with Gasteiger partial charge in [0.1, 0.15) is 0 Å². The Morgan fingerprint density at radius 2 is 1.89 bits per heavy atom. The van der Waals surface area contributed by atoms with Crippen LogP contribution in [0.3, 0.4) is 0 Å². The van der Waals surface area contributed by atoms with Gasteiger partial charge in [-0.3, -0.25) is 4.98 Å². The molecule has 1 unspecified atom stereocenters. The van der Waals surface area contributed by atoms with Crippen LogP contribution in [0.1, 0.15) is 22.7 Å². The Hall–Kier alpha value is -1.32. The first-order chi connectivity index (χ1) is 8.76. The van der Waals surface area contributed by atoms with E-state index < -0.39 is 0 Å². The maximum atomic E-state index is 4.23. The van der Waals surface area contributed by atoms with Gasteiger partial charge in [0.15, 0.2) is 0 Å². The van der Waals surface area contributed by atoms with Gasteiger partial charge in [0.25, 0.3) is 0 Å². The van der Waals surface area contributed by atoms with E-state index in [4.69, 9.17) is 0 Å². The van der Waals surface area contributed by atoms with Crippen molar-refractivity contribution in [1.29, 1.82) is 0 Å². The highest BCUT2D eigenvalue weighted by molar-refractivity contribution is 7.98. The van der Waals surface area contributed by atoms with E-state index in [0.29, 0.717) is 0 Å². The van der Waals surface area contributed by atoms with Gasteiger partial charge in [-0.1, -0.05) is 12.1 Å². The summed E-state index contributed by atoms with van der Waals surface area (Å²) in [4.78, 5) is 5.52. The summed E-state index contributed by atoms with van der Waals surface area (Å²) >= 11 is 1.76. The minimum Gasteiger partial charge on any atom is -0.309 e. The van der Waals surface area contributed by atoms with Crippen molar-refractivity contribution in [3.05, 3.63) is 59.4 Å². The quantitative estimate of drug-likeness (QED) is 0.851. The lowest BCUT2D eigenvalue weighted by atomic mass is 9.97. The molecule has 1 heterocycles. The third-order valence-corrected chi connectivity index (χ3v) is 3.87. The Balaban J connectivity index is 2.36. The molecule has 0 radical (unpaired) electrons. The van der Waals surface area contributed by atoms with Crippen molar-refractivity contribution in [2.24, 2.45) is 0 Å². The highest BCUT2D eigenvalue weighted by Gasteiger charge is 2.13. The zero-order chi connectivity index (χ0) is 13.0. The van der Waals surface area contributed by atoms with E-state index in [1.165, 1.54) is 21.6 Å². The topological polar surface area (TPSA) is 24.9 Å². The van der Waals surface area contributed by atoms with Crippen LogP contribution in [-0.4, -0.2) is 18.3 Å². The van der Waals surface area contributed by atoms with E-state index in [1.807, 2.05) is 19.4 Å². The Morgan fingerprint density at radius 3 is 2.44 bits per heavy atom. The van der Waals surface area contributed by atoms with Crippen LogP contribution in [0.5, 0.6) is 0 Å². The molecule has 1 atom stereocenters. The second kappa shape index (κ2) is 6.03. The van der Waals surface area contributed by atoms with Crippen molar-refractivity contribution in [2.45, 2.75) is 17.9 Å². The number of rotatable bonds is 4. The number of aromatic nitrogens is 1. The molecular weight excluding hydrogens is 240 g/mol. The number of pyridine rings is 1. The van der Waals surface area contributed by atoms with Crippen LogP contribution in [0.15, 0.2) is 47.6 Å². The minimum absolute atomic E-state index is 0.203. The predicted molar refractivity (Wildman–Crippen MR) is 78.1 cm³/mol. The molecule has 2 rings (SSSR count). The Kier molecular flexibility index (Phi) is 4.39. The molecular formula is C15H18N2S. The molecule has 1 aromatic carbocycles. The number of hydrogen-bond donors (Lipinski definition) is 1. The fraction of sp³-hybridized carbons (Fsp3) is 0.267. The van der Waals surface area contributed by atoms with Gasteiger partial charge < -0.3 is 5.32 Å². The molecule has 0 saturated carbocycles. The first-order valence-corrected chi connectivity index (χ1v) is 7.20. The molecule has 0 fully saturated rings. The smallest absolute Gasteiger partial charge is 0.0592 e. The van der Waals surface area contributed by atoms with E-state index in [2.05, 4.69) is 53.8 Å². The zero-order valence-corrected chi connectivity index (χ0v) is 11.8. The monoisotopic (exact) mass is 258 g/mol. The van der Waals surface area contributed by atoms with Crippen molar-refractivity contribution in [3.63, 3.8) is 0 Å². The third kappa shape index (κ3) is 2.74. The van der Waals surface area contributed by atoms with Gasteiger partial charge in [-0.25, -0.2) is 0 Å². The van der Waals surface area contributed by atoms with Crippen LogP contribution in [0, 0.1) is 6.92 Å². The summed E-state index contributed by atoms with van der Waals surface area (Å²) in [6, 6.07) is 10.9. The van der Waals surface area contributed by atoms with Crippen LogP contribution >= 0.6 is 11.8 Å². The average Bonchev–Trinajstić information content (AvgIpc) is 2.42. The molecule has 1 N–H and O–H groups in total. The van der Waals surface area contributed by atoms with E-state index >= 15 is 0 Å². The van der Waals surface area contributed by atoms with E-state index in [9.17, 15) is 0 Å². The number of hydrogen-bond acceptors (Lipinski definition) is 3. The fourth-order valence-corrected chi connectivity index (χ4v) is 2.48. The molecule has 0 amide bonds. The zero-order valence-electron chi connectivity index (χ0n) is 11.0. The summed E-state index contributed by atoms with van der Waals surface area (Å²) in [5, 5.41) is 3.37. The summed E-state index contributed by atoms with van der Waals surface area (Å²) in [6.07, 6.45) is 5.87. The molecule has 0 saturated heterocycles. The normalized spacial score (nSPS) is 12.4. The summed E-state index contributed by atoms with van der Waals surface area (Å²) in [5.74, 6) is 0. The summed E-state index contributed by atoms with van der Waals surface area (Å²) in [5.41, 5.74) is 3.77. The number of benzene rings is 1. The van der Waals surface area contributed by atoms with Crippen molar-refractivity contribution < 1.29 is 0 Å². The minimum atomic E-state index is 0.203. The molecule has 1 aromatic heterocycles. The first kappa shape index (κ1) is 13.1. The van der Waals surface area contributed by atoms with E-state index in [0.717, 1.165) is 0 Å². The highest BCUT2D eigenvalue weighted by Crippen LogP contribution is 2.25. The largest absolute Gasteiger partial charge is 0.309 e. The van der Waals surface area contributed by atoms with Gasteiger partial charge >= 0.3 is 0 Å². The number of nitrogens with one attached hydrogen (secondary N) is 1. The molecule has 3 heteroatoms. The lowest BCUT2D eigenvalue weighted by molar-refractivity contribution is 0.684. The Labute approximate surface area is 113 Å². The molecule has 2 nitrogen and oxygen atoms in total. The van der Waals surface area contributed by atoms with Crippen LogP contribution in [0.4, 0.5) is 0 Å². The van der Waals surface area contributed by atoms with Crippen molar-refractivity contribution in [3.8, 4) is 0 Å². The first-order valence-electron chi connectivity index (χ1n) is 5.98. The predicted octanol–water partition coefficient (Wildman–Crippen LogP) is 3.42. The Bertz CT molecular complexity index is 508. The fourth-order valence-electron chi connectivity index (χ4n) is 2.08. The standard InChI is InChI=1S/C15H18N2S/c1-11-8-9-17-10-14(11)15(16-2)12-4-6-13(18-3)7-5-12/h4-10,15-16H,1-3H3. The summed E-state index contributed by atoms with van der Waals surface area (Å²) < 4.78 is 0. The van der Waals surface area contributed by atoms with Crippen LogP contribution < -0.4 is 5.32 Å². The highest BCUT2D eigenvalue weighted by atomic mass is 32.2. The molecule has 0 bridgehead atoms. The number of aryl methyl sites for hydroxylation is 1. The van der Waals surface area contributed by atoms with Crippen molar-refractivity contribution in [2.75, 3.05) is 13.3 Å². The second-order valence-electron chi connectivity index (χ2n) is 4.23. The molecule has 18 heavy (non-hydrogen) atoms. The Morgan fingerprint density at radius 1 is 1.17 bits per heavy atom. The van der Waals surface area contributed by atoms with Gasteiger partial charge in [0, 0.05) is 17.3 Å². The van der Waals surface area contributed by atoms with E-state index in [1.54, 1.807) is 11.8 Å². The van der Waals surface area contributed by atoms with Crippen molar-refractivity contribution in [1.82, 2.24) is 10.3 Å². The number of nitrogens with zero attached hydrogens (tertiary/aromatic N) is 1. The van der Waals surface area contributed by atoms with Crippen LogP contribution in [-0.2, 0) is 0 Å². The molecule has 0 aliphatic heterocycles. The summed E-state index contributed by atoms with van der Waals surface area (Å²) in [6.45, 7) is 2.12. The van der Waals surface area contributed by atoms with Crippen LogP contribution in [0.2, 0.25) is 0 Å². The number of thioether (sulfide) groups is 1. The van der Waals surface area contributed by atoms with E-state index in [-0.39, 0.29) is 6.04 Å². The van der Waals surface area contributed by atoms with Gasteiger partial charge in [0.05, 0.1) is 6.04 Å². The van der Waals surface area contributed by atoms with Gasteiger partial charge in [-0.15, -0.1) is 11.8 Å². The van der Waals surface area contributed by atoms with Crippen molar-refractivity contribution >= 4 is 11.8 Å². The maximum absolute atomic E-state index is 4.23. The third-order valence-electron chi connectivity index (χ3n) is 3.13.